The van der Waals surface area contributed by atoms with Crippen molar-refractivity contribution >= 4 is 6.03 Å². The quantitative estimate of drug-likeness (QED) is 0.803. The molecule has 6 heteroatoms. The summed E-state index contributed by atoms with van der Waals surface area (Å²) in [4.78, 5) is 14.0. The van der Waals surface area contributed by atoms with Gasteiger partial charge in [-0.2, -0.15) is 0 Å². The largest absolute Gasteiger partial charge is 0.396 e. The number of ether oxygens (including phenoxy) is 1. The highest BCUT2D eigenvalue weighted by Crippen LogP contribution is 2.16. The summed E-state index contributed by atoms with van der Waals surface area (Å²) >= 11 is 0. The van der Waals surface area contributed by atoms with E-state index in [2.05, 4.69) is 5.32 Å². The Morgan fingerprint density at radius 1 is 1.38 bits per heavy atom. The van der Waals surface area contributed by atoms with E-state index in [1.807, 2.05) is 11.8 Å². The highest BCUT2D eigenvalue weighted by Gasteiger charge is 2.23. The summed E-state index contributed by atoms with van der Waals surface area (Å²) in [5.41, 5.74) is 0.953. The summed E-state index contributed by atoms with van der Waals surface area (Å²) in [6.45, 7) is 3.91. The molecule has 0 radical (unpaired) electrons. The Morgan fingerprint density at radius 2 is 2.04 bits per heavy atom. The molecule has 2 rings (SSSR count). The van der Waals surface area contributed by atoms with Crippen LogP contribution < -0.4 is 5.32 Å². The molecule has 1 aliphatic rings. The number of piperidine rings is 1. The third-order valence-corrected chi connectivity index (χ3v) is 4.29. The highest BCUT2D eigenvalue weighted by molar-refractivity contribution is 5.74. The molecule has 0 bridgehead atoms. The number of carbonyl (C=O) groups excluding carboxylic acids is 1. The van der Waals surface area contributed by atoms with E-state index in [9.17, 15) is 9.18 Å². The van der Waals surface area contributed by atoms with E-state index in [0.29, 0.717) is 26.1 Å². The number of halogens is 1. The second kappa shape index (κ2) is 9.59. The lowest BCUT2D eigenvalue weighted by Gasteiger charge is -2.32. The van der Waals surface area contributed by atoms with Crippen molar-refractivity contribution in [2.45, 2.75) is 51.4 Å². The molecule has 0 aromatic heterocycles. The van der Waals surface area contributed by atoms with Crippen LogP contribution in [0, 0.1) is 5.82 Å². The van der Waals surface area contributed by atoms with Crippen LogP contribution in [-0.4, -0.2) is 47.9 Å². The fraction of sp³-hybridized carbons (Fsp3) is 0.611. The summed E-state index contributed by atoms with van der Waals surface area (Å²) in [7, 11) is 0. The number of urea groups is 1. The summed E-state index contributed by atoms with van der Waals surface area (Å²) in [6, 6.07) is 6.35. The SMILES string of the molecule is CC(CCCO)NC(=O)N1CCC(OCc2ccc(F)cc2)CC1. The van der Waals surface area contributed by atoms with Crippen LogP contribution in [0.1, 0.15) is 38.2 Å². The van der Waals surface area contributed by atoms with Crippen LogP contribution in [0.4, 0.5) is 9.18 Å². The fourth-order valence-electron chi connectivity index (χ4n) is 2.79. The Bertz CT molecular complexity index is 501. The van der Waals surface area contributed by atoms with Crippen molar-refractivity contribution in [3.8, 4) is 0 Å². The zero-order chi connectivity index (χ0) is 17.4. The minimum atomic E-state index is -0.244. The number of nitrogens with one attached hydrogen (secondary N) is 1. The minimum Gasteiger partial charge on any atom is -0.396 e. The number of nitrogens with zero attached hydrogens (tertiary/aromatic N) is 1. The number of hydrogen-bond acceptors (Lipinski definition) is 3. The molecule has 1 saturated heterocycles. The maximum absolute atomic E-state index is 12.9. The summed E-state index contributed by atoms with van der Waals surface area (Å²) in [5.74, 6) is -0.244. The average Bonchev–Trinajstić information content (AvgIpc) is 2.60. The summed E-state index contributed by atoms with van der Waals surface area (Å²) in [6.07, 6.45) is 3.21. The van der Waals surface area contributed by atoms with Crippen LogP contribution >= 0.6 is 0 Å². The van der Waals surface area contributed by atoms with Crippen molar-refractivity contribution in [3.63, 3.8) is 0 Å². The van der Waals surface area contributed by atoms with E-state index in [1.54, 1.807) is 12.1 Å². The van der Waals surface area contributed by atoms with Crippen LogP contribution in [0.25, 0.3) is 0 Å². The Labute approximate surface area is 142 Å². The molecule has 0 aliphatic carbocycles. The van der Waals surface area contributed by atoms with E-state index in [0.717, 1.165) is 24.8 Å². The molecule has 134 valence electrons. The van der Waals surface area contributed by atoms with Gasteiger partial charge in [0.2, 0.25) is 0 Å². The normalized spacial score (nSPS) is 16.9. The molecular formula is C18H27FN2O3. The van der Waals surface area contributed by atoms with Gasteiger partial charge < -0.3 is 20.1 Å². The predicted molar refractivity (Wildman–Crippen MR) is 90.1 cm³/mol. The van der Waals surface area contributed by atoms with Crippen molar-refractivity contribution in [3.05, 3.63) is 35.6 Å². The van der Waals surface area contributed by atoms with Gasteiger partial charge in [-0.05, 0) is 50.3 Å². The van der Waals surface area contributed by atoms with Gasteiger partial charge in [-0.3, -0.25) is 0 Å². The predicted octanol–water partition coefficient (Wildman–Crippen LogP) is 2.68. The van der Waals surface area contributed by atoms with Gasteiger partial charge in [0.15, 0.2) is 0 Å². The number of hydrogen-bond donors (Lipinski definition) is 2. The van der Waals surface area contributed by atoms with Gasteiger partial charge in [-0.15, -0.1) is 0 Å². The Balaban J connectivity index is 1.67. The highest BCUT2D eigenvalue weighted by atomic mass is 19.1. The van der Waals surface area contributed by atoms with E-state index in [4.69, 9.17) is 9.84 Å². The number of aliphatic hydroxyl groups is 1. The second-order valence-electron chi connectivity index (χ2n) is 6.34. The summed E-state index contributed by atoms with van der Waals surface area (Å²) in [5, 5.41) is 11.8. The first-order valence-corrected chi connectivity index (χ1v) is 8.61. The molecule has 2 N–H and O–H groups in total. The summed E-state index contributed by atoms with van der Waals surface area (Å²) < 4.78 is 18.7. The lowest BCUT2D eigenvalue weighted by Crippen LogP contribution is -2.48. The third-order valence-electron chi connectivity index (χ3n) is 4.29. The van der Waals surface area contributed by atoms with E-state index >= 15 is 0 Å². The standard InChI is InChI=1S/C18H27FN2O3/c1-14(3-2-12-22)20-18(23)21-10-8-17(9-11-21)24-13-15-4-6-16(19)7-5-15/h4-7,14,17,22H,2-3,8-13H2,1H3,(H,20,23). The average molecular weight is 338 g/mol. The van der Waals surface area contributed by atoms with Crippen LogP contribution in [-0.2, 0) is 11.3 Å². The van der Waals surface area contributed by atoms with E-state index in [1.165, 1.54) is 12.1 Å². The topological polar surface area (TPSA) is 61.8 Å². The van der Waals surface area contributed by atoms with Crippen LogP contribution in [0.2, 0.25) is 0 Å². The molecule has 0 spiro atoms. The van der Waals surface area contributed by atoms with E-state index < -0.39 is 0 Å². The number of carbonyl (C=O) groups is 1. The van der Waals surface area contributed by atoms with Gasteiger partial charge in [-0.1, -0.05) is 12.1 Å². The molecule has 1 aromatic carbocycles. The van der Waals surface area contributed by atoms with Crippen molar-refractivity contribution in [2.24, 2.45) is 0 Å². The molecular weight excluding hydrogens is 311 g/mol. The lowest BCUT2D eigenvalue weighted by molar-refractivity contribution is 0.00428. The van der Waals surface area contributed by atoms with Crippen molar-refractivity contribution in [1.82, 2.24) is 10.2 Å². The molecule has 0 saturated carbocycles. The molecule has 1 aromatic rings. The maximum Gasteiger partial charge on any atom is 0.317 e. The third kappa shape index (κ3) is 6.09. The Kier molecular flexibility index (Phi) is 7.46. The van der Waals surface area contributed by atoms with Crippen molar-refractivity contribution < 1.29 is 19.0 Å². The van der Waals surface area contributed by atoms with Crippen LogP contribution in [0.3, 0.4) is 0 Å². The molecule has 1 fully saturated rings. The smallest absolute Gasteiger partial charge is 0.317 e. The molecule has 1 aliphatic heterocycles. The van der Waals surface area contributed by atoms with Gasteiger partial charge in [0, 0.05) is 25.7 Å². The van der Waals surface area contributed by atoms with Gasteiger partial charge in [0.25, 0.3) is 0 Å². The molecule has 1 unspecified atom stereocenters. The Morgan fingerprint density at radius 3 is 2.67 bits per heavy atom. The number of amides is 2. The zero-order valence-electron chi connectivity index (χ0n) is 14.2. The first-order valence-electron chi connectivity index (χ1n) is 8.61. The zero-order valence-corrected chi connectivity index (χ0v) is 14.2. The van der Waals surface area contributed by atoms with Gasteiger partial charge in [-0.25, -0.2) is 9.18 Å². The molecule has 1 heterocycles. The first-order chi connectivity index (χ1) is 11.6. The second-order valence-corrected chi connectivity index (χ2v) is 6.34. The van der Waals surface area contributed by atoms with Gasteiger partial charge in [0.1, 0.15) is 5.82 Å². The van der Waals surface area contributed by atoms with Gasteiger partial charge >= 0.3 is 6.03 Å². The van der Waals surface area contributed by atoms with Crippen molar-refractivity contribution in [2.75, 3.05) is 19.7 Å². The molecule has 1 atom stereocenters. The monoisotopic (exact) mass is 338 g/mol. The van der Waals surface area contributed by atoms with Gasteiger partial charge in [0.05, 0.1) is 12.7 Å². The molecule has 24 heavy (non-hydrogen) atoms. The number of rotatable bonds is 7. The number of benzene rings is 1. The van der Waals surface area contributed by atoms with Crippen LogP contribution in [0.5, 0.6) is 0 Å². The fourth-order valence-corrected chi connectivity index (χ4v) is 2.79. The van der Waals surface area contributed by atoms with Crippen LogP contribution in [0.15, 0.2) is 24.3 Å². The Hall–Kier alpha value is -1.66. The number of likely N-dealkylation sites (tertiary alicyclic amines) is 1. The van der Waals surface area contributed by atoms with Crippen molar-refractivity contribution in [1.29, 1.82) is 0 Å². The minimum absolute atomic E-state index is 0.0441. The lowest BCUT2D eigenvalue weighted by atomic mass is 10.1. The number of aliphatic hydroxyl groups excluding tert-OH is 1. The first kappa shape index (κ1) is 18.7. The molecule has 2 amide bonds. The van der Waals surface area contributed by atoms with E-state index in [-0.39, 0.29) is 30.6 Å². The molecule has 5 nitrogen and oxygen atoms in total. The maximum atomic E-state index is 12.9.